The Labute approximate surface area is 164 Å². The number of hydrogen-bond donors (Lipinski definition) is 2. The maximum Gasteiger partial charge on any atom is 0.251 e. The number of aromatic nitrogens is 2. The van der Waals surface area contributed by atoms with Crippen LogP contribution in [-0.4, -0.2) is 30.0 Å². The second kappa shape index (κ2) is 7.56. The maximum atomic E-state index is 12.6. The number of nitrogens with zero attached hydrogens (tertiary/aromatic N) is 2. The molecule has 4 rings (SSSR count). The second-order valence-corrected chi connectivity index (χ2v) is 6.88. The highest BCUT2D eigenvalue weighted by Gasteiger charge is 2.11. The van der Waals surface area contributed by atoms with Gasteiger partial charge in [0.05, 0.1) is 0 Å². The van der Waals surface area contributed by atoms with Crippen molar-refractivity contribution < 1.29 is 4.79 Å². The quantitative estimate of drug-likeness (QED) is 0.553. The largest absolute Gasteiger partial charge is 0.378 e. The fourth-order valence-electron chi connectivity index (χ4n) is 3.32. The topological polar surface area (TPSA) is 61.0 Å². The van der Waals surface area contributed by atoms with Crippen molar-refractivity contribution >= 4 is 22.6 Å². The van der Waals surface area contributed by atoms with Gasteiger partial charge in [0.25, 0.3) is 5.91 Å². The lowest BCUT2D eigenvalue weighted by Gasteiger charge is -2.14. The number of aromatic amines is 1. The molecule has 1 amide bonds. The van der Waals surface area contributed by atoms with E-state index in [-0.39, 0.29) is 5.91 Å². The third-order valence-electron chi connectivity index (χ3n) is 4.85. The summed E-state index contributed by atoms with van der Waals surface area (Å²) >= 11 is 0. The molecule has 0 spiro atoms. The summed E-state index contributed by atoms with van der Waals surface area (Å²) < 4.78 is 0. The van der Waals surface area contributed by atoms with Crippen molar-refractivity contribution in [1.29, 1.82) is 0 Å². The molecule has 4 aromatic rings. The first-order chi connectivity index (χ1) is 13.6. The van der Waals surface area contributed by atoms with Crippen LogP contribution in [0, 0.1) is 0 Å². The Balaban J connectivity index is 1.56. The van der Waals surface area contributed by atoms with Crippen LogP contribution in [0.4, 0.5) is 5.69 Å². The summed E-state index contributed by atoms with van der Waals surface area (Å²) in [6.45, 7) is 0.457. The summed E-state index contributed by atoms with van der Waals surface area (Å²) in [6.07, 6.45) is 3.69. The van der Waals surface area contributed by atoms with Crippen LogP contribution >= 0.6 is 0 Å². The lowest BCUT2D eigenvalue weighted by Crippen LogP contribution is -2.23. The van der Waals surface area contributed by atoms with Gasteiger partial charge in [0.1, 0.15) is 5.65 Å². The number of anilines is 1. The van der Waals surface area contributed by atoms with E-state index in [9.17, 15) is 4.79 Å². The molecular weight excluding hydrogens is 348 g/mol. The van der Waals surface area contributed by atoms with Gasteiger partial charge in [0, 0.05) is 49.7 Å². The average molecular weight is 370 g/mol. The Morgan fingerprint density at radius 1 is 1.00 bits per heavy atom. The van der Waals surface area contributed by atoms with Gasteiger partial charge in [-0.15, -0.1) is 0 Å². The second-order valence-electron chi connectivity index (χ2n) is 6.88. The van der Waals surface area contributed by atoms with Crippen molar-refractivity contribution in [3.8, 4) is 11.1 Å². The lowest BCUT2D eigenvalue weighted by molar-refractivity contribution is 0.0951. The van der Waals surface area contributed by atoms with Gasteiger partial charge in [-0.2, -0.15) is 0 Å². The van der Waals surface area contributed by atoms with E-state index >= 15 is 0 Å². The van der Waals surface area contributed by atoms with Crippen LogP contribution in [-0.2, 0) is 6.54 Å². The normalized spacial score (nSPS) is 10.8. The zero-order valence-corrected chi connectivity index (χ0v) is 15.9. The highest BCUT2D eigenvalue weighted by atomic mass is 16.1. The number of benzene rings is 2. The van der Waals surface area contributed by atoms with E-state index in [0.717, 1.165) is 33.4 Å². The van der Waals surface area contributed by atoms with Gasteiger partial charge in [-0.25, -0.2) is 4.98 Å². The minimum absolute atomic E-state index is 0.0818. The number of carbonyl (C=O) groups is 1. The smallest absolute Gasteiger partial charge is 0.251 e. The zero-order chi connectivity index (χ0) is 19.5. The Kier molecular flexibility index (Phi) is 4.81. The van der Waals surface area contributed by atoms with Crippen LogP contribution in [0.3, 0.4) is 0 Å². The molecule has 0 saturated carbocycles. The molecule has 140 valence electrons. The Hall–Kier alpha value is -3.60. The molecule has 0 bridgehead atoms. The molecule has 0 aliphatic heterocycles. The predicted octanol–water partition coefficient (Wildman–Crippen LogP) is 4.23. The lowest BCUT2D eigenvalue weighted by atomic mass is 9.98. The average Bonchev–Trinajstić information content (AvgIpc) is 3.21. The van der Waals surface area contributed by atoms with E-state index in [1.807, 2.05) is 79.8 Å². The molecule has 2 aromatic carbocycles. The molecule has 0 aliphatic rings. The van der Waals surface area contributed by atoms with Gasteiger partial charge >= 0.3 is 0 Å². The van der Waals surface area contributed by atoms with Crippen LogP contribution in [0.1, 0.15) is 15.9 Å². The molecule has 28 heavy (non-hydrogen) atoms. The number of H-pyrrole nitrogens is 1. The van der Waals surface area contributed by atoms with Gasteiger partial charge in [-0.3, -0.25) is 4.79 Å². The minimum atomic E-state index is -0.0818. The number of amides is 1. The van der Waals surface area contributed by atoms with Gasteiger partial charge in [0.2, 0.25) is 0 Å². The summed E-state index contributed by atoms with van der Waals surface area (Å²) in [5.41, 5.74) is 5.84. The van der Waals surface area contributed by atoms with E-state index in [4.69, 9.17) is 0 Å². The first kappa shape index (κ1) is 17.8. The standard InChI is InChI=1S/C23H22N4O/c1-27(2)18-9-7-16(8-10-18)23(28)26-15-17-5-3-4-6-19(17)20-11-13-24-22-21(20)12-14-25-22/h3-14H,15H2,1-2H3,(H,24,25)(H,26,28). The van der Waals surface area contributed by atoms with Crippen LogP contribution in [0.5, 0.6) is 0 Å². The minimum Gasteiger partial charge on any atom is -0.378 e. The monoisotopic (exact) mass is 370 g/mol. The van der Waals surface area contributed by atoms with Crippen molar-refractivity contribution in [3.05, 3.63) is 84.2 Å². The van der Waals surface area contributed by atoms with E-state index in [1.54, 1.807) is 6.20 Å². The predicted molar refractivity (Wildman–Crippen MR) is 113 cm³/mol. The molecule has 0 fully saturated rings. The van der Waals surface area contributed by atoms with E-state index in [0.29, 0.717) is 12.1 Å². The molecule has 0 aliphatic carbocycles. The summed E-state index contributed by atoms with van der Waals surface area (Å²) in [7, 11) is 3.96. The molecule has 5 nitrogen and oxygen atoms in total. The number of pyridine rings is 1. The first-order valence-electron chi connectivity index (χ1n) is 9.19. The van der Waals surface area contributed by atoms with Gasteiger partial charge < -0.3 is 15.2 Å². The number of fused-ring (bicyclic) bond motifs is 1. The summed E-state index contributed by atoms with van der Waals surface area (Å²) in [6, 6.07) is 19.8. The van der Waals surface area contributed by atoms with E-state index in [1.165, 1.54) is 0 Å². The third kappa shape index (κ3) is 3.47. The fourth-order valence-corrected chi connectivity index (χ4v) is 3.32. The third-order valence-corrected chi connectivity index (χ3v) is 4.85. The molecule has 2 N–H and O–H groups in total. The van der Waals surface area contributed by atoms with Crippen molar-refractivity contribution in [3.63, 3.8) is 0 Å². The molecule has 0 saturated heterocycles. The number of nitrogens with one attached hydrogen (secondary N) is 2. The molecular formula is C23H22N4O. The van der Waals surface area contributed by atoms with Crippen LogP contribution in [0.25, 0.3) is 22.2 Å². The summed E-state index contributed by atoms with van der Waals surface area (Å²) in [5, 5.41) is 4.11. The summed E-state index contributed by atoms with van der Waals surface area (Å²) in [5.74, 6) is -0.0818. The number of hydrogen-bond acceptors (Lipinski definition) is 3. The van der Waals surface area contributed by atoms with Crippen LogP contribution in [0.2, 0.25) is 0 Å². The van der Waals surface area contributed by atoms with Gasteiger partial charge in [0.15, 0.2) is 0 Å². The van der Waals surface area contributed by atoms with E-state index < -0.39 is 0 Å². The van der Waals surface area contributed by atoms with Gasteiger partial charge in [-0.1, -0.05) is 24.3 Å². The highest BCUT2D eigenvalue weighted by Crippen LogP contribution is 2.29. The Morgan fingerprint density at radius 2 is 1.79 bits per heavy atom. The SMILES string of the molecule is CN(C)c1ccc(C(=O)NCc2ccccc2-c2ccnc3[nH]ccc23)cc1. The van der Waals surface area contributed by atoms with Gasteiger partial charge in [-0.05, 0) is 53.1 Å². The maximum absolute atomic E-state index is 12.6. The van der Waals surface area contributed by atoms with Crippen LogP contribution < -0.4 is 10.2 Å². The van der Waals surface area contributed by atoms with Crippen molar-refractivity contribution in [2.75, 3.05) is 19.0 Å². The Bertz CT molecular complexity index is 1110. The molecule has 0 unspecified atom stereocenters. The number of rotatable bonds is 5. The number of carbonyl (C=O) groups excluding carboxylic acids is 1. The van der Waals surface area contributed by atoms with Crippen LogP contribution in [0.15, 0.2) is 73.1 Å². The van der Waals surface area contributed by atoms with Crippen molar-refractivity contribution in [2.45, 2.75) is 6.54 Å². The molecule has 0 radical (unpaired) electrons. The van der Waals surface area contributed by atoms with E-state index in [2.05, 4.69) is 21.4 Å². The Morgan fingerprint density at radius 3 is 2.57 bits per heavy atom. The van der Waals surface area contributed by atoms with Crippen molar-refractivity contribution in [1.82, 2.24) is 15.3 Å². The molecule has 2 aromatic heterocycles. The molecule has 2 heterocycles. The highest BCUT2D eigenvalue weighted by molar-refractivity contribution is 5.95. The summed E-state index contributed by atoms with van der Waals surface area (Å²) in [4.78, 5) is 22.1. The van der Waals surface area contributed by atoms with Crippen molar-refractivity contribution in [2.24, 2.45) is 0 Å². The first-order valence-corrected chi connectivity index (χ1v) is 9.19. The zero-order valence-electron chi connectivity index (χ0n) is 15.9. The molecule has 0 atom stereocenters. The molecule has 5 heteroatoms. The fraction of sp³-hybridized carbons (Fsp3) is 0.130.